The van der Waals surface area contributed by atoms with Gasteiger partial charge in [-0.1, -0.05) is 41.5 Å². The number of carbonyl (C=O) groups is 2. The maximum absolute atomic E-state index is 9.91. The zero-order chi connectivity index (χ0) is 12.2. The van der Waals surface area contributed by atoms with Gasteiger partial charge in [0.15, 0.2) is 0 Å². The van der Waals surface area contributed by atoms with E-state index in [0.29, 0.717) is 0 Å². The van der Waals surface area contributed by atoms with Crippen molar-refractivity contribution in [3.63, 3.8) is 0 Å². The van der Waals surface area contributed by atoms with Crippen molar-refractivity contribution < 1.29 is 36.9 Å². The summed E-state index contributed by atoms with van der Waals surface area (Å²) in [5, 5.41) is 19.8. The third-order valence-electron chi connectivity index (χ3n) is 1.22. The third-order valence-corrected chi connectivity index (χ3v) is 1.22. The van der Waals surface area contributed by atoms with E-state index in [4.69, 9.17) is 0 Å². The molecule has 0 atom stereocenters. The van der Waals surface area contributed by atoms with Crippen molar-refractivity contribution in [2.75, 3.05) is 0 Å². The second kappa shape index (κ2) is 6.85. The van der Waals surface area contributed by atoms with Gasteiger partial charge in [-0.05, 0) is 0 Å². The average molecular weight is 257 g/mol. The normalized spacial score (nSPS) is 10.5. The molecule has 0 heterocycles. The molecule has 0 rings (SSSR count). The number of hydrogen-bond donors (Lipinski definition) is 0. The fourth-order valence-corrected chi connectivity index (χ4v) is 0. The summed E-state index contributed by atoms with van der Waals surface area (Å²) >= 11 is 0. The van der Waals surface area contributed by atoms with Gasteiger partial charge in [0.25, 0.3) is 0 Å². The largest absolute Gasteiger partial charge is 2.00 e. The molecule has 4 nitrogen and oxygen atoms in total. The van der Waals surface area contributed by atoms with Gasteiger partial charge in [0.2, 0.25) is 0 Å². The number of aliphatic carboxylic acids is 2. The van der Waals surface area contributed by atoms with E-state index in [1.165, 1.54) is 0 Å². The first kappa shape index (κ1) is 19.9. The van der Waals surface area contributed by atoms with Crippen LogP contribution in [0, 0.1) is 10.8 Å². The van der Waals surface area contributed by atoms with Gasteiger partial charge >= 0.3 is 17.1 Å². The van der Waals surface area contributed by atoms with Gasteiger partial charge in [0, 0.05) is 22.8 Å². The van der Waals surface area contributed by atoms with E-state index < -0.39 is 22.8 Å². The van der Waals surface area contributed by atoms with Crippen LogP contribution >= 0.6 is 0 Å². The smallest absolute Gasteiger partial charge is 0.550 e. The minimum absolute atomic E-state index is 0. The van der Waals surface area contributed by atoms with Crippen LogP contribution in [0.2, 0.25) is 0 Å². The molecule has 0 bridgehead atoms. The Hall–Kier alpha value is -0.541. The average Bonchev–Trinajstić information content (AvgIpc) is 1.83. The predicted molar refractivity (Wildman–Crippen MR) is 48.9 cm³/mol. The molecule has 1 radical (unpaired) electrons. The molecule has 0 aliphatic rings. The van der Waals surface area contributed by atoms with Crippen LogP contribution in [0.1, 0.15) is 41.5 Å². The molecule has 0 spiro atoms. The zero-order valence-electron chi connectivity index (χ0n) is 10.0. The van der Waals surface area contributed by atoms with Gasteiger partial charge in [0.05, 0.1) is 0 Å². The molecule has 0 aliphatic heterocycles. The van der Waals surface area contributed by atoms with Gasteiger partial charge in [0.1, 0.15) is 0 Å². The van der Waals surface area contributed by atoms with Crippen molar-refractivity contribution in [2.45, 2.75) is 41.5 Å². The van der Waals surface area contributed by atoms with E-state index in [1.54, 1.807) is 41.5 Å². The number of carboxylic acid groups (broad SMARTS) is 2. The molecule has 0 amide bonds. The molecule has 0 aliphatic carbocycles. The molecule has 0 saturated carbocycles. The fourth-order valence-electron chi connectivity index (χ4n) is 0. The Morgan fingerprint density at radius 1 is 0.733 bits per heavy atom. The van der Waals surface area contributed by atoms with Crippen LogP contribution in [0.25, 0.3) is 0 Å². The van der Waals surface area contributed by atoms with Crippen molar-refractivity contribution in [2.24, 2.45) is 10.8 Å². The van der Waals surface area contributed by atoms with Crippen LogP contribution < -0.4 is 10.2 Å². The molecule has 0 unspecified atom stereocenters. The molecular weight excluding hydrogens is 239 g/mol. The van der Waals surface area contributed by atoms with Crippen LogP contribution in [-0.4, -0.2) is 11.9 Å². The number of rotatable bonds is 0. The van der Waals surface area contributed by atoms with E-state index in [-0.39, 0.29) is 17.1 Å². The molecule has 5 heteroatoms. The summed E-state index contributed by atoms with van der Waals surface area (Å²) < 4.78 is 0. The van der Waals surface area contributed by atoms with Crippen LogP contribution in [0.3, 0.4) is 0 Å². The minimum Gasteiger partial charge on any atom is -0.550 e. The van der Waals surface area contributed by atoms with Gasteiger partial charge in [-0.25, -0.2) is 0 Å². The van der Waals surface area contributed by atoms with Crippen LogP contribution in [-0.2, 0) is 26.7 Å². The maximum Gasteiger partial charge on any atom is 2.00 e. The van der Waals surface area contributed by atoms with E-state index >= 15 is 0 Å². The number of carboxylic acids is 2. The first-order valence-corrected chi connectivity index (χ1v) is 4.32. The summed E-state index contributed by atoms with van der Waals surface area (Å²) in [6, 6.07) is 0. The molecule has 0 saturated heterocycles. The predicted octanol–water partition coefficient (Wildman–Crippen LogP) is -0.438. The second-order valence-corrected chi connectivity index (χ2v) is 5.07. The van der Waals surface area contributed by atoms with Gasteiger partial charge in [-0.15, -0.1) is 0 Å². The van der Waals surface area contributed by atoms with Crippen molar-refractivity contribution in [3.05, 3.63) is 0 Å². The number of hydrogen-bond acceptors (Lipinski definition) is 4. The minimum atomic E-state index is -1.01. The standard InChI is InChI=1S/2C5H10O2.Mn/c2*1-5(2,3)4(6)7;/h2*1-3H3,(H,6,7);/q;;+2/p-2. The Morgan fingerprint density at radius 3 is 0.800 bits per heavy atom. The van der Waals surface area contributed by atoms with Crippen LogP contribution in [0.15, 0.2) is 0 Å². The Kier molecular flexibility index (Phi) is 9.11. The summed E-state index contributed by atoms with van der Waals surface area (Å²) in [4.78, 5) is 19.8. The SMILES string of the molecule is CC(C)(C)C(=O)[O-].CC(C)(C)C(=O)[O-].[Mn+2]. The fraction of sp³-hybridized carbons (Fsp3) is 0.800. The molecule has 15 heavy (non-hydrogen) atoms. The van der Waals surface area contributed by atoms with E-state index in [9.17, 15) is 19.8 Å². The summed E-state index contributed by atoms with van der Waals surface area (Å²) in [7, 11) is 0. The van der Waals surface area contributed by atoms with E-state index in [2.05, 4.69) is 0 Å². The molecule has 0 aromatic carbocycles. The number of carbonyl (C=O) groups excluding carboxylic acids is 2. The first-order valence-electron chi connectivity index (χ1n) is 4.32. The zero-order valence-corrected chi connectivity index (χ0v) is 11.2. The Balaban J connectivity index is -0.000000180. The quantitative estimate of drug-likeness (QED) is 0.551. The summed E-state index contributed by atoms with van der Waals surface area (Å²) in [5.41, 5.74) is -1.39. The van der Waals surface area contributed by atoms with E-state index in [0.717, 1.165) is 0 Å². The molecular formula is C10H18MnO4. The topological polar surface area (TPSA) is 80.3 Å². The first-order chi connectivity index (χ1) is 5.89. The van der Waals surface area contributed by atoms with Crippen molar-refractivity contribution >= 4 is 11.9 Å². The molecule has 89 valence electrons. The van der Waals surface area contributed by atoms with Crippen molar-refractivity contribution in [3.8, 4) is 0 Å². The third kappa shape index (κ3) is 13.5. The monoisotopic (exact) mass is 257 g/mol. The molecule has 0 N–H and O–H groups in total. The van der Waals surface area contributed by atoms with Gasteiger partial charge in [-0.3, -0.25) is 0 Å². The maximum atomic E-state index is 9.91. The van der Waals surface area contributed by atoms with Gasteiger partial charge in [-0.2, -0.15) is 0 Å². The van der Waals surface area contributed by atoms with Crippen molar-refractivity contribution in [1.82, 2.24) is 0 Å². The molecule has 0 fully saturated rings. The van der Waals surface area contributed by atoms with Crippen molar-refractivity contribution in [1.29, 1.82) is 0 Å². The Bertz CT molecular complexity index is 186. The second-order valence-electron chi connectivity index (χ2n) is 5.07. The van der Waals surface area contributed by atoms with E-state index in [1.807, 2.05) is 0 Å². The van der Waals surface area contributed by atoms with Crippen LogP contribution in [0.4, 0.5) is 0 Å². The molecule has 0 aromatic rings. The summed E-state index contributed by atoms with van der Waals surface area (Å²) in [6.07, 6.45) is 0. The molecule has 0 aromatic heterocycles. The van der Waals surface area contributed by atoms with Crippen LogP contribution in [0.5, 0.6) is 0 Å². The Morgan fingerprint density at radius 2 is 0.800 bits per heavy atom. The summed E-state index contributed by atoms with van der Waals surface area (Å²) in [5.74, 6) is -2.01. The van der Waals surface area contributed by atoms with Gasteiger partial charge < -0.3 is 19.8 Å². The summed E-state index contributed by atoms with van der Waals surface area (Å²) in [6.45, 7) is 9.60. The Labute approximate surface area is 102 Å².